The molecule has 1 saturated carbocycles. The minimum absolute atomic E-state index is 0.216. The number of hydrogen-bond donors (Lipinski definition) is 1. The van der Waals surface area contributed by atoms with E-state index in [2.05, 4.69) is 20.2 Å². The topological polar surface area (TPSA) is 94.3 Å². The second kappa shape index (κ2) is 7.51. The van der Waals surface area contributed by atoms with Crippen molar-refractivity contribution < 1.29 is 18.8 Å². The maximum Gasteiger partial charge on any atom is 0.337 e. The fourth-order valence-electron chi connectivity index (χ4n) is 3.17. The van der Waals surface area contributed by atoms with Gasteiger partial charge in [-0.1, -0.05) is 30.1 Å². The summed E-state index contributed by atoms with van der Waals surface area (Å²) in [6.07, 6.45) is 6.76. The number of ether oxygens (including phenoxy) is 1. The number of carbonyl (C=O) groups excluding carboxylic acids is 2. The van der Waals surface area contributed by atoms with Crippen LogP contribution in [0.5, 0.6) is 0 Å². The number of methoxy groups -OCH3 is 1. The Morgan fingerprint density at radius 2 is 1.92 bits per heavy atom. The highest BCUT2D eigenvalue weighted by molar-refractivity contribution is 5.93. The van der Waals surface area contributed by atoms with Gasteiger partial charge in [0.05, 0.1) is 12.7 Å². The molecule has 0 radical (unpaired) electrons. The minimum Gasteiger partial charge on any atom is -0.465 e. The predicted molar refractivity (Wildman–Crippen MR) is 94.1 cm³/mol. The van der Waals surface area contributed by atoms with Gasteiger partial charge in [0, 0.05) is 13.0 Å². The normalized spacial score (nSPS) is 15.9. The smallest absolute Gasteiger partial charge is 0.337 e. The molecule has 3 rings (SSSR count). The highest BCUT2D eigenvalue weighted by atomic mass is 16.5. The van der Waals surface area contributed by atoms with Gasteiger partial charge in [-0.2, -0.15) is 4.98 Å². The molecule has 1 amide bonds. The number of esters is 1. The van der Waals surface area contributed by atoms with Crippen LogP contribution in [0.4, 0.5) is 0 Å². The molecular weight excluding hydrogens is 334 g/mol. The molecule has 0 aliphatic heterocycles. The lowest BCUT2D eigenvalue weighted by atomic mass is 9.96. The van der Waals surface area contributed by atoms with Gasteiger partial charge in [-0.25, -0.2) is 4.79 Å². The van der Waals surface area contributed by atoms with Crippen LogP contribution in [0.15, 0.2) is 34.9 Å². The van der Waals surface area contributed by atoms with Crippen molar-refractivity contribution in [1.82, 2.24) is 15.5 Å². The Kier molecular flexibility index (Phi) is 5.16. The van der Waals surface area contributed by atoms with E-state index in [-0.39, 0.29) is 5.91 Å². The lowest BCUT2D eigenvalue weighted by Gasteiger charge is -2.25. The first-order valence-corrected chi connectivity index (χ1v) is 8.52. The van der Waals surface area contributed by atoms with Gasteiger partial charge in [-0.15, -0.1) is 0 Å². The molecule has 1 aromatic heterocycles. The van der Waals surface area contributed by atoms with Gasteiger partial charge >= 0.3 is 5.97 Å². The number of nitrogens with zero attached hydrogens (tertiary/aromatic N) is 2. The standard InChI is InChI=1S/C19H21N3O4/c1-13-20-18(22-26-13)19(11-3-4-12-19)21-16(23)10-7-14-5-8-15(9-6-14)17(24)25-2/h5-10H,3-4,11-12H2,1-2H3,(H,21,23)/b10-7+. The largest absolute Gasteiger partial charge is 0.465 e. The van der Waals surface area contributed by atoms with Gasteiger partial charge in [0.1, 0.15) is 5.54 Å². The molecule has 7 nitrogen and oxygen atoms in total. The summed E-state index contributed by atoms with van der Waals surface area (Å²) in [5, 5.41) is 7.05. The van der Waals surface area contributed by atoms with Crippen LogP contribution in [0.1, 0.15) is 53.3 Å². The molecule has 7 heteroatoms. The number of hydrogen-bond acceptors (Lipinski definition) is 6. The number of rotatable bonds is 5. The van der Waals surface area contributed by atoms with Crippen LogP contribution in [0.2, 0.25) is 0 Å². The third-order valence-electron chi connectivity index (χ3n) is 4.53. The molecule has 1 fully saturated rings. The Balaban J connectivity index is 1.69. The lowest BCUT2D eigenvalue weighted by molar-refractivity contribution is -0.118. The molecule has 1 aromatic carbocycles. The van der Waals surface area contributed by atoms with Gasteiger partial charge in [-0.05, 0) is 36.6 Å². The summed E-state index contributed by atoms with van der Waals surface area (Å²) in [4.78, 5) is 28.2. The molecule has 1 aliphatic carbocycles. The highest BCUT2D eigenvalue weighted by Gasteiger charge is 2.40. The van der Waals surface area contributed by atoms with Crippen LogP contribution in [0.25, 0.3) is 6.08 Å². The SMILES string of the molecule is COC(=O)c1ccc(/C=C/C(=O)NC2(c3noc(C)n3)CCCC2)cc1. The van der Waals surface area contributed by atoms with E-state index in [4.69, 9.17) is 4.52 Å². The zero-order valence-corrected chi connectivity index (χ0v) is 14.8. The molecule has 136 valence electrons. The van der Waals surface area contributed by atoms with E-state index in [1.807, 2.05) is 0 Å². The molecule has 0 spiro atoms. The van der Waals surface area contributed by atoms with Crippen LogP contribution in [0.3, 0.4) is 0 Å². The molecule has 0 saturated heterocycles. The Morgan fingerprint density at radius 3 is 2.50 bits per heavy atom. The van der Waals surface area contributed by atoms with E-state index >= 15 is 0 Å². The van der Waals surface area contributed by atoms with E-state index in [9.17, 15) is 9.59 Å². The van der Waals surface area contributed by atoms with Crippen LogP contribution in [0, 0.1) is 6.92 Å². The highest BCUT2D eigenvalue weighted by Crippen LogP contribution is 2.37. The van der Waals surface area contributed by atoms with E-state index in [1.54, 1.807) is 37.3 Å². The van der Waals surface area contributed by atoms with E-state index in [0.717, 1.165) is 31.2 Å². The average Bonchev–Trinajstić information content (AvgIpc) is 3.29. The van der Waals surface area contributed by atoms with E-state index in [0.29, 0.717) is 17.3 Å². The number of aromatic nitrogens is 2. The van der Waals surface area contributed by atoms with Gasteiger partial charge in [-0.3, -0.25) is 4.79 Å². The Morgan fingerprint density at radius 1 is 1.23 bits per heavy atom. The van der Waals surface area contributed by atoms with Crippen molar-refractivity contribution >= 4 is 18.0 Å². The van der Waals surface area contributed by atoms with E-state index in [1.165, 1.54) is 13.2 Å². The van der Waals surface area contributed by atoms with Crippen LogP contribution < -0.4 is 5.32 Å². The van der Waals surface area contributed by atoms with Crippen LogP contribution in [-0.2, 0) is 15.1 Å². The fraction of sp³-hybridized carbons (Fsp3) is 0.368. The molecule has 26 heavy (non-hydrogen) atoms. The summed E-state index contributed by atoms with van der Waals surface area (Å²) in [6, 6.07) is 6.82. The number of carbonyl (C=O) groups is 2. The number of benzene rings is 1. The summed E-state index contributed by atoms with van der Waals surface area (Å²) in [7, 11) is 1.34. The second-order valence-corrected chi connectivity index (χ2v) is 6.36. The first-order valence-electron chi connectivity index (χ1n) is 8.52. The van der Waals surface area contributed by atoms with Gasteiger partial charge in [0.15, 0.2) is 5.82 Å². The zero-order valence-electron chi connectivity index (χ0n) is 14.8. The Labute approximate surface area is 151 Å². The first kappa shape index (κ1) is 17.8. The monoisotopic (exact) mass is 355 g/mol. The zero-order chi connectivity index (χ0) is 18.6. The minimum atomic E-state index is -0.562. The molecule has 0 unspecified atom stereocenters. The van der Waals surface area contributed by atoms with Crippen LogP contribution in [-0.4, -0.2) is 29.1 Å². The molecule has 0 bridgehead atoms. The molecule has 1 heterocycles. The summed E-state index contributed by atoms with van der Waals surface area (Å²) in [5.41, 5.74) is 0.712. The van der Waals surface area contributed by atoms with Crippen molar-refractivity contribution in [3.05, 3.63) is 53.2 Å². The summed E-state index contributed by atoms with van der Waals surface area (Å²) in [5.74, 6) is 0.418. The van der Waals surface area contributed by atoms with Gasteiger partial charge < -0.3 is 14.6 Å². The number of aryl methyl sites for hydroxylation is 1. The maximum absolute atomic E-state index is 12.4. The molecular formula is C19H21N3O4. The van der Waals surface area contributed by atoms with Crippen molar-refractivity contribution in [2.45, 2.75) is 38.1 Å². The van der Waals surface area contributed by atoms with Crippen molar-refractivity contribution in [2.75, 3.05) is 7.11 Å². The Bertz CT molecular complexity index is 818. The molecule has 1 N–H and O–H groups in total. The first-order chi connectivity index (χ1) is 12.5. The predicted octanol–water partition coefficient (Wildman–Crippen LogP) is 2.76. The third kappa shape index (κ3) is 3.82. The van der Waals surface area contributed by atoms with Gasteiger partial charge in [0.25, 0.3) is 0 Å². The number of amides is 1. The molecule has 0 atom stereocenters. The summed E-state index contributed by atoms with van der Waals surface area (Å²) < 4.78 is 9.75. The van der Waals surface area contributed by atoms with Crippen LogP contribution >= 0.6 is 0 Å². The Hall–Kier alpha value is -2.96. The van der Waals surface area contributed by atoms with Crippen molar-refractivity contribution in [1.29, 1.82) is 0 Å². The number of nitrogens with one attached hydrogen (secondary N) is 1. The van der Waals surface area contributed by atoms with Crippen molar-refractivity contribution in [3.8, 4) is 0 Å². The lowest BCUT2D eigenvalue weighted by Crippen LogP contribution is -2.44. The molecule has 1 aliphatic rings. The summed E-state index contributed by atoms with van der Waals surface area (Å²) >= 11 is 0. The van der Waals surface area contributed by atoms with Crippen molar-refractivity contribution in [2.24, 2.45) is 0 Å². The third-order valence-corrected chi connectivity index (χ3v) is 4.53. The quantitative estimate of drug-likeness (QED) is 0.655. The van der Waals surface area contributed by atoms with E-state index < -0.39 is 11.5 Å². The van der Waals surface area contributed by atoms with Crippen molar-refractivity contribution in [3.63, 3.8) is 0 Å². The molecule has 2 aromatic rings. The summed E-state index contributed by atoms with van der Waals surface area (Å²) in [6.45, 7) is 1.73. The maximum atomic E-state index is 12.4. The second-order valence-electron chi connectivity index (χ2n) is 6.36. The van der Waals surface area contributed by atoms with Gasteiger partial charge in [0.2, 0.25) is 11.8 Å². The fourth-order valence-corrected chi connectivity index (χ4v) is 3.17. The average molecular weight is 355 g/mol.